The highest BCUT2D eigenvalue weighted by atomic mass is 35.5. The van der Waals surface area contributed by atoms with Crippen LogP contribution in [0.4, 0.5) is 15.2 Å². The Kier molecular flexibility index (Phi) is 10.4. The van der Waals surface area contributed by atoms with Gasteiger partial charge in [-0.05, 0) is 61.5 Å². The van der Waals surface area contributed by atoms with Crippen LogP contribution in [-0.4, -0.2) is 28.0 Å². The summed E-state index contributed by atoms with van der Waals surface area (Å²) in [7, 11) is 0. The van der Waals surface area contributed by atoms with E-state index in [-0.39, 0.29) is 17.2 Å². The number of halogens is 2. The smallest absolute Gasteiger partial charge is 0.272 e. The van der Waals surface area contributed by atoms with E-state index in [1.54, 1.807) is 73.7 Å². The molecule has 0 saturated heterocycles. The fourth-order valence-electron chi connectivity index (χ4n) is 4.09. The normalized spacial score (nSPS) is 11.8. The van der Waals surface area contributed by atoms with Crippen molar-refractivity contribution in [2.75, 3.05) is 10.6 Å². The first-order valence-electron chi connectivity index (χ1n) is 13.7. The van der Waals surface area contributed by atoms with Gasteiger partial charge in [0.2, 0.25) is 5.91 Å². The quantitative estimate of drug-likeness (QED) is 0.104. The van der Waals surface area contributed by atoms with Crippen LogP contribution in [0, 0.1) is 5.82 Å². The zero-order chi connectivity index (χ0) is 31.8. The van der Waals surface area contributed by atoms with Crippen LogP contribution in [0.1, 0.15) is 22.8 Å². The highest BCUT2D eigenvalue weighted by molar-refractivity contribution is 8.00. The second kappa shape index (κ2) is 14.8. The Balaban J connectivity index is 1.22. The molecule has 3 N–H and O–H groups in total. The van der Waals surface area contributed by atoms with Crippen molar-refractivity contribution in [1.82, 2.24) is 10.3 Å². The minimum absolute atomic E-state index is 0.127. The van der Waals surface area contributed by atoms with E-state index in [2.05, 4.69) is 20.9 Å². The van der Waals surface area contributed by atoms with Gasteiger partial charge in [-0.25, -0.2) is 9.37 Å². The summed E-state index contributed by atoms with van der Waals surface area (Å²) in [6.07, 6.45) is 1.29. The Labute approximate surface area is 272 Å². The molecule has 1 atom stereocenters. The lowest BCUT2D eigenvalue weighted by Crippen LogP contribution is -2.30. The third-order valence-corrected chi connectivity index (χ3v) is 8.61. The van der Waals surface area contributed by atoms with Gasteiger partial charge >= 0.3 is 0 Å². The summed E-state index contributed by atoms with van der Waals surface area (Å²) in [4.78, 5) is 44.2. The monoisotopic (exact) mass is 656 g/mol. The molecule has 45 heavy (non-hydrogen) atoms. The molecule has 0 spiro atoms. The van der Waals surface area contributed by atoms with Crippen molar-refractivity contribution in [3.05, 3.63) is 136 Å². The van der Waals surface area contributed by atoms with Crippen molar-refractivity contribution in [2.45, 2.75) is 17.1 Å². The van der Waals surface area contributed by atoms with Gasteiger partial charge in [0.15, 0.2) is 5.13 Å². The molecule has 226 valence electrons. The number of thioether (sulfide) groups is 1. The Morgan fingerprint density at radius 1 is 0.889 bits per heavy atom. The molecule has 4 aromatic carbocycles. The Morgan fingerprint density at radius 3 is 2.31 bits per heavy atom. The zero-order valence-electron chi connectivity index (χ0n) is 23.8. The molecule has 0 saturated carbocycles. The largest absolute Gasteiger partial charge is 0.321 e. The predicted octanol–water partition coefficient (Wildman–Crippen LogP) is 8.13. The zero-order valence-corrected chi connectivity index (χ0v) is 26.2. The maximum atomic E-state index is 14.4. The van der Waals surface area contributed by atoms with Crippen LogP contribution >= 0.6 is 34.7 Å². The summed E-state index contributed by atoms with van der Waals surface area (Å²) in [6, 6.07) is 28.6. The average molecular weight is 657 g/mol. The molecule has 11 heteroatoms. The van der Waals surface area contributed by atoms with E-state index in [9.17, 15) is 18.8 Å². The fourth-order valence-corrected chi connectivity index (χ4v) is 5.91. The maximum absolute atomic E-state index is 14.4. The minimum Gasteiger partial charge on any atom is -0.321 e. The molecule has 1 unspecified atom stereocenters. The third-order valence-electron chi connectivity index (χ3n) is 6.41. The molecule has 1 heterocycles. The average Bonchev–Trinajstić information content (AvgIpc) is 3.51. The lowest BCUT2D eigenvalue weighted by molar-refractivity contribution is -0.115. The Morgan fingerprint density at radius 2 is 1.58 bits per heavy atom. The molecule has 1 aromatic heterocycles. The second-order valence-electron chi connectivity index (χ2n) is 9.65. The predicted molar refractivity (Wildman–Crippen MR) is 180 cm³/mol. The molecule has 3 amide bonds. The first-order chi connectivity index (χ1) is 21.8. The molecule has 0 aliphatic heterocycles. The number of aromatic nitrogens is 1. The molecule has 0 radical (unpaired) electrons. The number of amides is 3. The van der Waals surface area contributed by atoms with Crippen molar-refractivity contribution >= 4 is 69.3 Å². The van der Waals surface area contributed by atoms with E-state index in [4.69, 9.17) is 11.6 Å². The number of thiazole rings is 1. The van der Waals surface area contributed by atoms with Crippen LogP contribution in [0.15, 0.2) is 119 Å². The topological polar surface area (TPSA) is 100 Å². The highest BCUT2D eigenvalue weighted by Crippen LogP contribution is 2.31. The summed E-state index contributed by atoms with van der Waals surface area (Å²) < 4.78 is 14.4. The fraction of sp³-hybridized carbons (Fsp3) is 0.0588. The van der Waals surface area contributed by atoms with Gasteiger partial charge in [-0.2, -0.15) is 0 Å². The lowest BCUT2D eigenvalue weighted by Gasteiger charge is -2.13. The maximum Gasteiger partial charge on any atom is 0.272 e. The first-order valence-corrected chi connectivity index (χ1v) is 15.8. The summed E-state index contributed by atoms with van der Waals surface area (Å²) in [5, 5.41) is 10.6. The molecule has 7 nitrogen and oxygen atoms in total. The van der Waals surface area contributed by atoms with E-state index >= 15 is 0 Å². The number of hydrogen-bond acceptors (Lipinski definition) is 6. The number of hydrogen-bond donors (Lipinski definition) is 3. The van der Waals surface area contributed by atoms with E-state index < -0.39 is 22.9 Å². The van der Waals surface area contributed by atoms with Crippen molar-refractivity contribution in [3.8, 4) is 11.3 Å². The molecule has 5 aromatic rings. The van der Waals surface area contributed by atoms with Crippen LogP contribution in [0.2, 0.25) is 5.02 Å². The van der Waals surface area contributed by atoms with E-state index in [1.807, 2.05) is 23.6 Å². The van der Waals surface area contributed by atoms with Crippen molar-refractivity contribution < 1.29 is 18.8 Å². The van der Waals surface area contributed by atoms with Crippen LogP contribution < -0.4 is 16.0 Å². The molecule has 0 fully saturated rings. The summed E-state index contributed by atoms with van der Waals surface area (Å²) in [6.45, 7) is 1.79. The minimum atomic E-state index is -0.629. The van der Waals surface area contributed by atoms with Crippen molar-refractivity contribution in [3.63, 3.8) is 0 Å². The van der Waals surface area contributed by atoms with Gasteiger partial charge in [0.05, 0.1) is 10.9 Å². The molecule has 5 rings (SSSR count). The van der Waals surface area contributed by atoms with Gasteiger partial charge in [0.25, 0.3) is 11.8 Å². The summed E-state index contributed by atoms with van der Waals surface area (Å²) in [5.74, 6) is -1.89. The van der Waals surface area contributed by atoms with Gasteiger partial charge in [-0.3, -0.25) is 14.4 Å². The molecule has 0 aliphatic carbocycles. The van der Waals surface area contributed by atoms with Gasteiger partial charge < -0.3 is 16.0 Å². The number of benzene rings is 4. The van der Waals surface area contributed by atoms with E-state index in [0.717, 1.165) is 10.5 Å². The number of anilines is 2. The summed E-state index contributed by atoms with van der Waals surface area (Å²) >= 11 is 8.92. The Bertz CT molecular complexity index is 1860. The Hall–Kier alpha value is -4.77. The lowest BCUT2D eigenvalue weighted by atomic mass is 10.1. The standard InChI is InChI=1S/C34H26ClFN4O3S2/c1-21(31(41)40-34-39-30(20-44-34)26-12-6-7-13-27(26)35)45-25-17-15-24(16-18-25)37-33(43)29(19-23-11-5-8-14-28(23)36)38-32(42)22-9-3-2-4-10-22/h2-21H,1H3,(H,37,43)(H,38,42)(H,39,40,41)/b29-19-. The number of nitrogens with zero attached hydrogens (tertiary/aromatic N) is 1. The highest BCUT2D eigenvalue weighted by Gasteiger charge is 2.18. The number of rotatable bonds is 10. The van der Waals surface area contributed by atoms with Crippen LogP contribution in [0.25, 0.3) is 17.3 Å². The number of carbonyl (C=O) groups excluding carboxylic acids is 3. The van der Waals surface area contributed by atoms with Crippen molar-refractivity contribution in [1.29, 1.82) is 0 Å². The molecule has 0 aliphatic rings. The van der Waals surface area contributed by atoms with Gasteiger partial charge in [-0.15, -0.1) is 23.1 Å². The van der Waals surface area contributed by atoms with Gasteiger partial charge in [-0.1, -0.05) is 66.2 Å². The first kappa shape index (κ1) is 31.6. The molecular weight excluding hydrogens is 631 g/mol. The van der Waals surface area contributed by atoms with Gasteiger partial charge in [0.1, 0.15) is 11.5 Å². The van der Waals surface area contributed by atoms with Crippen LogP contribution in [0.5, 0.6) is 0 Å². The number of nitrogens with one attached hydrogen (secondary N) is 3. The molecule has 0 bridgehead atoms. The SMILES string of the molecule is CC(Sc1ccc(NC(=O)/C(=C/c2ccccc2F)NC(=O)c2ccccc2)cc1)C(=O)Nc1nc(-c2ccccc2Cl)cs1. The van der Waals surface area contributed by atoms with Crippen molar-refractivity contribution in [2.24, 2.45) is 0 Å². The van der Waals surface area contributed by atoms with Crippen LogP contribution in [0.3, 0.4) is 0 Å². The van der Waals surface area contributed by atoms with Crippen LogP contribution in [-0.2, 0) is 9.59 Å². The van der Waals surface area contributed by atoms with E-state index in [0.29, 0.717) is 27.1 Å². The number of carbonyl (C=O) groups is 3. The van der Waals surface area contributed by atoms with E-state index in [1.165, 1.54) is 47.4 Å². The second-order valence-corrected chi connectivity index (χ2v) is 12.3. The van der Waals surface area contributed by atoms with Gasteiger partial charge in [0, 0.05) is 37.7 Å². The summed E-state index contributed by atoms with van der Waals surface area (Å²) in [5.41, 5.74) is 2.29. The third kappa shape index (κ3) is 8.45. The molecular formula is C34H26ClFN4O3S2.